The molecule has 31 heavy (non-hydrogen) atoms. The average molecular weight is 439 g/mol. The second-order valence-electron chi connectivity index (χ2n) is 6.66. The van der Waals surface area contributed by atoms with Crippen molar-refractivity contribution in [2.75, 3.05) is 19.7 Å². The predicted molar refractivity (Wildman–Crippen MR) is 117 cm³/mol. The summed E-state index contributed by atoms with van der Waals surface area (Å²) >= 11 is 1.32. The Morgan fingerprint density at radius 3 is 2.94 bits per heavy atom. The Kier molecular flexibility index (Phi) is 6.42. The smallest absolute Gasteiger partial charge is 0.231 e. The van der Waals surface area contributed by atoms with Crippen LogP contribution in [0.5, 0.6) is 17.2 Å². The van der Waals surface area contributed by atoms with Crippen LogP contribution >= 0.6 is 11.8 Å². The highest BCUT2D eigenvalue weighted by atomic mass is 32.2. The first-order valence-corrected chi connectivity index (χ1v) is 10.6. The lowest BCUT2D eigenvalue weighted by atomic mass is 10.2. The highest BCUT2D eigenvalue weighted by Gasteiger charge is 2.18. The number of hydrogen-bond acceptors (Lipinski definition) is 7. The molecule has 3 aromatic rings. The molecule has 1 aliphatic heterocycles. The zero-order valence-electron chi connectivity index (χ0n) is 17.0. The van der Waals surface area contributed by atoms with Crippen molar-refractivity contribution in [2.45, 2.75) is 18.2 Å². The largest absolute Gasteiger partial charge is 0.496 e. The summed E-state index contributed by atoms with van der Waals surface area (Å²) in [5, 5.41) is 12.2. The van der Waals surface area contributed by atoms with Crippen LogP contribution in [-0.2, 0) is 17.9 Å². The fourth-order valence-corrected chi connectivity index (χ4v) is 3.93. The Labute approximate surface area is 184 Å². The SMILES string of the molecule is C=CCn1c(SCC(=O)NCc2ccc3c(c2)OCO3)nnc1-c1ccccc1OC. The molecule has 1 N–H and O–H groups in total. The molecule has 2 aromatic carbocycles. The van der Waals surface area contributed by atoms with E-state index in [4.69, 9.17) is 14.2 Å². The Bertz CT molecular complexity index is 1100. The molecule has 0 radical (unpaired) electrons. The third kappa shape index (κ3) is 4.66. The minimum atomic E-state index is -0.102. The number of amides is 1. The van der Waals surface area contributed by atoms with E-state index in [2.05, 4.69) is 22.1 Å². The number of ether oxygens (including phenoxy) is 3. The molecule has 0 saturated heterocycles. The minimum absolute atomic E-state index is 0.102. The van der Waals surface area contributed by atoms with Crippen molar-refractivity contribution in [3.8, 4) is 28.6 Å². The molecule has 0 spiro atoms. The van der Waals surface area contributed by atoms with Crippen molar-refractivity contribution in [2.24, 2.45) is 0 Å². The van der Waals surface area contributed by atoms with Crippen molar-refractivity contribution in [3.63, 3.8) is 0 Å². The second-order valence-corrected chi connectivity index (χ2v) is 7.60. The Hall–Kier alpha value is -3.46. The molecule has 160 valence electrons. The Morgan fingerprint density at radius 1 is 1.26 bits per heavy atom. The first-order valence-electron chi connectivity index (χ1n) is 9.65. The maximum atomic E-state index is 12.4. The summed E-state index contributed by atoms with van der Waals surface area (Å²) in [4.78, 5) is 12.4. The molecule has 0 fully saturated rings. The van der Waals surface area contributed by atoms with Gasteiger partial charge in [0.1, 0.15) is 5.75 Å². The van der Waals surface area contributed by atoms with Crippen molar-refractivity contribution >= 4 is 17.7 Å². The van der Waals surface area contributed by atoms with Crippen LogP contribution in [0.2, 0.25) is 0 Å². The van der Waals surface area contributed by atoms with Crippen LogP contribution in [0.3, 0.4) is 0 Å². The number of thioether (sulfide) groups is 1. The number of carbonyl (C=O) groups is 1. The zero-order chi connectivity index (χ0) is 21.6. The summed E-state index contributed by atoms with van der Waals surface area (Å²) < 4.78 is 18.0. The van der Waals surface area contributed by atoms with Crippen molar-refractivity contribution in [1.82, 2.24) is 20.1 Å². The molecule has 2 heterocycles. The van der Waals surface area contributed by atoms with Gasteiger partial charge in [-0.3, -0.25) is 9.36 Å². The number of para-hydroxylation sites is 1. The van der Waals surface area contributed by atoms with Crippen LogP contribution < -0.4 is 19.5 Å². The van der Waals surface area contributed by atoms with Gasteiger partial charge in [-0.15, -0.1) is 16.8 Å². The second kappa shape index (κ2) is 9.57. The van der Waals surface area contributed by atoms with Gasteiger partial charge in [0.15, 0.2) is 22.5 Å². The topological polar surface area (TPSA) is 87.5 Å². The molecule has 0 unspecified atom stereocenters. The fraction of sp³-hybridized carbons (Fsp3) is 0.227. The lowest BCUT2D eigenvalue weighted by molar-refractivity contribution is -0.118. The van der Waals surface area contributed by atoms with E-state index in [0.29, 0.717) is 35.6 Å². The number of hydrogen-bond donors (Lipinski definition) is 1. The number of nitrogens with zero attached hydrogens (tertiary/aromatic N) is 3. The molecule has 0 aliphatic carbocycles. The molecular weight excluding hydrogens is 416 g/mol. The molecule has 0 atom stereocenters. The first-order chi connectivity index (χ1) is 15.2. The summed E-state index contributed by atoms with van der Waals surface area (Å²) in [5.41, 5.74) is 1.77. The molecule has 0 bridgehead atoms. The van der Waals surface area contributed by atoms with E-state index in [1.807, 2.05) is 47.0 Å². The van der Waals surface area contributed by atoms with Gasteiger partial charge < -0.3 is 19.5 Å². The van der Waals surface area contributed by atoms with E-state index in [0.717, 1.165) is 16.9 Å². The van der Waals surface area contributed by atoms with Crippen LogP contribution in [0.1, 0.15) is 5.56 Å². The van der Waals surface area contributed by atoms with Gasteiger partial charge in [-0.05, 0) is 29.8 Å². The minimum Gasteiger partial charge on any atom is -0.496 e. The third-order valence-electron chi connectivity index (χ3n) is 4.64. The number of nitrogens with one attached hydrogen (secondary N) is 1. The molecule has 1 aromatic heterocycles. The highest BCUT2D eigenvalue weighted by Crippen LogP contribution is 2.33. The molecule has 4 rings (SSSR count). The predicted octanol–water partition coefficient (Wildman–Crippen LogP) is 3.28. The van der Waals surface area contributed by atoms with Gasteiger partial charge >= 0.3 is 0 Å². The van der Waals surface area contributed by atoms with Gasteiger partial charge in [-0.2, -0.15) is 0 Å². The summed E-state index contributed by atoms with van der Waals surface area (Å²) in [5.74, 6) is 2.90. The van der Waals surface area contributed by atoms with E-state index >= 15 is 0 Å². The molecule has 1 amide bonds. The average Bonchev–Trinajstić information content (AvgIpc) is 3.43. The fourth-order valence-electron chi connectivity index (χ4n) is 3.15. The Balaban J connectivity index is 1.40. The van der Waals surface area contributed by atoms with Gasteiger partial charge in [-0.25, -0.2) is 0 Å². The van der Waals surface area contributed by atoms with E-state index in [1.54, 1.807) is 13.2 Å². The van der Waals surface area contributed by atoms with Crippen LogP contribution in [0.15, 0.2) is 60.3 Å². The summed E-state index contributed by atoms with van der Waals surface area (Å²) in [6, 6.07) is 13.2. The van der Waals surface area contributed by atoms with Crippen molar-refractivity contribution in [3.05, 3.63) is 60.7 Å². The third-order valence-corrected chi connectivity index (χ3v) is 5.60. The molecule has 0 saturated carbocycles. The maximum Gasteiger partial charge on any atom is 0.231 e. The molecule has 1 aliphatic rings. The van der Waals surface area contributed by atoms with Crippen LogP contribution in [0, 0.1) is 0 Å². The van der Waals surface area contributed by atoms with Crippen LogP contribution in [-0.4, -0.2) is 40.3 Å². The van der Waals surface area contributed by atoms with Gasteiger partial charge in [-0.1, -0.05) is 36.0 Å². The Morgan fingerprint density at radius 2 is 2.10 bits per heavy atom. The monoisotopic (exact) mass is 438 g/mol. The molecule has 9 heteroatoms. The van der Waals surface area contributed by atoms with E-state index < -0.39 is 0 Å². The van der Waals surface area contributed by atoms with E-state index in [-0.39, 0.29) is 18.5 Å². The van der Waals surface area contributed by atoms with Gasteiger partial charge in [0.05, 0.1) is 18.4 Å². The number of methoxy groups -OCH3 is 1. The van der Waals surface area contributed by atoms with Gasteiger partial charge in [0, 0.05) is 13.1 Å². The zero-order valence-corrected chi connectivity index (χ0v) is 17.9. The maximum absolute atomic E-state index is 12.4. The van der Waals surface area contributed by atoms with Gasteiger partial charge in [0.25, 0.3) is 0 Å². The standard InChI is InChI=1S/C22H22N4O4S/c1-3-10-26-21(16-6-4-5-7-17(16)28-2)24-25-22(26)31-13-20(27)23-12-15-8-9-18-19(11-15)30-14-29-18/h3-9,11H,1,10,12-14H2,2H3,(H,23,27). The van der Waals surface area contributed by atoms with E-state index in [1.165, 1.54) is 11.8 Å². The lowest BCUT2D eigenvalue weighted by Crippen LogP contribution is -2.24. The number of carbonyl (C=O) groups excluding carboxylic acids is 1. The first kappa shape index (κ1) is 20.8. The summed E-state index contributed by atoms with van der Waals surface area (Å²) in [6.07, 6.45) is 1.77. The molecule has 8 nitrogen and oxygen atoms in total. The summed E-state index contributed by atoms with van der Waals surface area (Å²) in [6.45, 7) is 4.97. The molecular formula is C22H22N4O4S. The number of fused-ring (bicyclic) bond motifs is 1. The quantitative estimate of drug-likeness (QED) is 0.405. The normalized spacial score (nSPS) is 11.9. The lowest BCUT2D eigenvalue weighted by Gasteiger charge is -2.10. The highest BCUT2D eigenvalue weighted by molar-refractivity contribution is 7.99. The number of benzene rings is 2. The number of rotatable bonds is 9. The summed E-state index contributed by atoms with van der Waals surface area (Å²) in [7, 11) is 1.62. The number of allylic oxidation sites excluding steroid dienone is 1. The number of aromatic nitrogens is 3. The van der Waals surface area contributed by atoms with Crippen molar-refractivity contribution < 1.29 is 19.0 Å². The van der Waals surface area contributed by atoms with Gasteiger partial charge in [0.2, 0.25) is 12.7 Å². The van der Waals surface area contributed by atoms with Crippen LogP contribution in [0.25, 0.3) is 11.4 Å². The van der Waals surface area contributed by atoms with E-state index in [9.17, 15) is 4.79 Å². The van der Waals surface area contributed by atoms with Crippen molar-refractivity contribution in [1.29, 1.82) is 0 Å². The van der Waals surface area contributed by atoms with Crippen LogP contribution in [0.4, 0.5) is 0 Å².